The van der Waals surface area contributed by atoms with Crippen molar-refractivity contribution >= 4 is 11.7 Å². The average Bonchev–Trinajstić information content (AvgIpc) is 2.62. The maximum absolute atomic E-state index is 14.5. The summed E-state index contributed by atoms with van der Waals surface area (Å²) < 4.78 is 20.1. The molecule has 0 unspecified atom stereocenters. The number of halogens is 1. The second-order valence-electron chi connectivity index (χ2n) is 7.69. The molecule has 1 saturated carbocycles. The second-order valence-corrected chi connectivity index (χ2v) is 7.69. The van der Waals surface area contributed by atoms with E-state index in [1.807, 2.05) is 38.1 Å². The fourth-order valence-electron chi connectivity index (χ4n) is 3.32. The number of hydrogen-bond acceptors (Lipinski definition) is 3. The van der Waals surface area contributed by atoms with E-state index >= 15 is 0 Å². The first-order valence-electron chi connectivity index (χ1n) is 9.58. The van der Waals surface area contributed by atoms with Crippen molar-refractivity contribution < 1.29 is 19.0 Å². The minimum atomic E-state index is -0.485. The van der Waals surface area contributed by atoms with Crippen LogP contribution in [0.15, 0.2) is 42.5 Å². The zero-order valence-corrected chi connectivity index (χ0v) is 16.5. The van der Waals surface area contributed by atoms with Crippen LogP contribution < -0.4 is 10.1 Å². The lowest BCUT2D eigenvalue weighted by Gasteiger charge is -2.34. The molecule has 5 nitrogen and oxygen atoms in total. The van der Waals surface area contributed by atoms with Crippen LogP contribution >= 0.6 is 0 Å². The third-order valence-corrected chi connectivity index (χ3v) is 4.86. The third-order valence-electron chi connectivity index (χ3n) is 4.86. The Morgan fingerprint density at radius 2 is 1.86 bits per heavy atom. The Hall–Kier alpha value is -2.60. The van der Waals surface area contributed by atoms with Gasteiger partial charge >= 0.3 is 6.03 Å². The summed E-state index contributed by atoms with van der Waals surface area (Å²) in [6, 6.07) is 11.9. The average molecular weight is 386 g/mol. The van der Waals surface area contributed by atoms with Crippen LogP contribution in [0.2, 0.25) is 0 Å². The zero-order valence-electron chi connectivity index (χ0n) is 16.5. The number of rotatable bonds is 6. The number of anilines is 1. The molecule has 1 fully saturated rings. The van der Waals surface area contributed by atoms with Gasteiger partial charge < -0.3 is 20.1 Å². The van der Waals surface area contributed by atoms with Crippen molar-refractivity contribution in [1.82, 2.24) is 4.90 Å². The van der Waals surface area contributed by atoms with E-state index in [4.69, 9.17) is 4.74 Å². The monoisotopic (exact) mass is 386 g/mol. The van der Waals surface area contributed by atoms with Gasteiger partial charge in [0, 0.05) is 13.6 Å². The van der Waals surface area contributed by atoms with Crippen molar-refractivity contribution in [2.75, 3.05) is 18.9 Å². The number of carbonyl (C=O) groups excluding carboxylic acids is 1. The third kappa shape index (κ3) is 5.01. The molecule has 0 aromatic heterocycles. The number of amides is 2. The van der Waals surface area contributed by atoms with Crippen LogP contribution in [0.1, 0.15) is 26.7 Å². The molecule has 0 spiro atoms. The van der Waals surface area contributed by atoms with Crippen molar-refractivity contribution in [3.63, 3.8) is 0 Å². The summed E-state index contributed by atoms with van der Waals surface area (Å²) in [4.78, 5) is 13.8. The number of hydrogen-bond donors (Lipinski definition) is 2. The first-order valence-corrected chi connectivity index (χ1v) is 9.58. The Balaban J connectivity index is 1.62. The first-order chi connectivity index (χ1) is 13.3. The van der Waals surface area contributed by atoms with Gasteiger partial charge in [-0.25, -0.2) is 9.18 Å². The molecular weight excluding hydrogens is 359 g/mol. The van der Waals surface area contributed by atoms with Crippen LogP contribution in [0.4, 0.5) is 14.9 Å². The van der Waals surface area contributed by atoms with Gasteiger partial charge in [0.05, 0.1) is 17.9 Å². The topological polar surface area (TPSA) is 61.8 Å². The van der Waals surface area contributed by atoms with E-state index in [9.17, 15) is 14.3 Å². The van der Waals surface area contributed by atoms with Crippen LogP contribution in [0.5, 0.6) is 5.75 Å². The molecule has 1 aliphatic rings. The molecule has 6 heteroatoms. The van der Waals surface area contributed by atoms with Gasteiger partial charge in [-0.2, -0.15) is 0 Å². The largest absolute Gasteiger partial charge is 0.491 e. The van der Waals surface area contributed by atoms with Crippen LogP contribution in [0.3, 0.4) is 0 Å². The summed E-state index contributed by atoms with van der Waals surface area (Å²) in [7, 11) is 1.67. The van der Waals surface area contributed by atoms with Gasteiger partial charge in [0.2, 0.25) is 0 Å². The minimum Gasteiger partial charge on any atom is -0.491 e. The Kier molecular flexibility index (Phi) is 6.19. The van der Waals surface area contributed by atoms with E-state index in [2.05, 4.69) is 5.32 Å². The van der Waals surface area contributed by atoms with Crippen molar-refractivity contribution in [3.05, 3.63) is 48.3 Å². The number of benzene rings is 2. The highest BCUT2D eigenvalue weighted by Gasteiger charge is 2.29. The lowest BCUT2D eigenvalue weighted by Crippen LogP contribution is -2.41. The molecule has 28 heavy (non-hydrogen) atoms. The lowest BCUT2D eigenvalue weighted by molar-refractivity contribution is 0.0332. The molecule has 2 amide bonds. The van der Waals surface area contributed by atoms with Gasteiger partial charge in [-0.15, -0.1) is 0 Å². The molecular formula is C22H27FN2O3. The van der Waals surface area contributed by atoms with Crippen LogP contribution in [0.25, 0.3) is 11.1 Å². The molecule has 2 aromatic carbocycles. The molecule has 0 aliphatic heterocycles. The molecule has 0 atom stereocenters. The first kappa shape index (κ1) is 20.1. The minimum absolute atomic E-state index is 0.0960. The van der Waals surface area contributed by atoms with Gasteiger partial charge in [-0.05, 0) is 68.0 Å². The number of urea groups is 1. The summed E-state index contributed by atoms with van der Waals surface area (Å²) in [6.45, 7) is 4.47. The Labute approximate surface area is 165 Å². The molecule has 2 N–H and O–H groups in total. The maximum atomic E-state index is 14.5. The van der Waals surface area contributed by atoms with Gasteiger partial charge in [0.25, 0.3) is 0 Å². The highest BCUT2D eigenvalue weighted by atomic mass is 19.1. The standard InChI is InChI=1S/C22H27FN2O3/c1-14(2)28-19-7-4-16(5-8-19)17-6-9-21(20(23)12-17)24-22(27)25(3)13-15-10-18(26)11-15/h4-9,12,14-15,18,26H,10-11,13H2,1-3H3,(H,24,27). The normalized spacial score (nSPS) is 18.5. The summed E-state index contributed by atoms with van der Waals surface area (Å²) in [5.74, 6) is 0.589. The van der Waals surface area contributed by atoms with Crippen LogP contribution in [-0.2, 0) is 0 Å². The zero-order chi connectivity index (χ0) is 20.3. The number of aliphatic hydroxyl groups excluding tert-OH is 1. The fourth-order valence-corrected chi connectivity index (χ4v) is 3.32. The van der Waals surface area contributed by atoms with E-state index in [1.165, 1.54) is 11.0 Å². The van der Waals surface area contributed by atoms with Gasteiger partial charge in [0.1, 0.15) is 11.6 Å². The van der Waals surface area contributed by atoms with E-state index in [0.717, 1.165) is 16.9 Å². The summed E-state index contributed by atoms with van der Waals surface area (Å²) >= 11 is 0. The highest BCUT2D eigenvalue weighted by molar-refractivity contribution is 5.89. The van der Waals surface area contributed by atoms with Crippen molar-refractivity contribution in [3.8, 4) is 16.9 Å². The molecule has 3 rings (SSSR count). The number of ether oxygens (including phenoxy) is 1. The quantitative estimate of drug-likeness (QED) is 0.768. The van der Waals surface area contributed by atoms with Crippen molar-refractivity contribution in [2.45, 2.75) is 38.9 Å². The number of nitrogens with one attached hydrogen (secondary N) is 1. The molecule has 2 aromatic rings. The Bertz CT molecular complexity index is 817. The fraction of sp³-hybridized carbons (Fsp3) is 0.409. The van der Waals surface area contributed by atoms with Crippen LogP contribution in [0, 0.1) is 11.7 Å². The molecule has 0 bridgehead atoms. The van der Waals surface area contributed by atoms with Crippen molar-refractivity contribution in [1.29, 1.82) is 0 Å². The SMILES string of the molecule is CC(C)Oc1ccc(-c2ccc(NC(=O)N(C)CC3CC(O)C3)c(F)c2)cc1. The van der Waals surface area contributed by atoms with Gasteiger partial charge in [-0.3, -0.25) is 0 Å². The second kappa shape index (κ2) is 8.61. The summed E-state index contributed by atoms with van der Waals surface area (Å²) in [5.41, 5.74) is 1.74. The molecule has 0 heterocycles. The Morgan fingerprint density at radius 3 is 2.43 bits per heavy atom. The Morgan fingerprint density at radius 1 is 1.21 bits per heavy atom. The number of aliphatic hydroxyl groups is 1. The van der Waals surface area contributed by atoms with Crippen LogP contribution in [-0.4, -0.2) is 41.8 Å². The number of carbonyl (C=O) groups is 1. The number of nitrogens with zero attached hydrogens (tertiary/aromatic N) is 1. The summed E-state index contributed by atoms with van der Waals surface area (Å²) in [6.07, 6.45) is 1.26. The highest BCUT2D eigenvalue weighted by Crippen LogP contribution is 2.29. The van der Waals surface area contributed by atoms with Crippen molar-refractivity contribution in [2.24, 2.45) is 5.92 Å². The molecule has 150 valence electrons. The molecule has 0 radical (unpaired) electrons. The summed E-state index contributed by atoms with van der Waals surface area (Å²) in [5, 5.41) is 12.0. The maximum Gasteiger partial charge on any atom is 0.321 e. The van der Waals surface area contributed by atoms with E-state index < -0.39 is 5.82 Å². The predicted octanol–water partition coefficient (Wildman–Crippen LogP) is 4.51. The lowest BCUT2D eigenvalue weighted by atomic mass is 9.82. The van der Waals surface area contributed by atoms with E-state index in [1.54, 1.807) is 19.2 Å². The molecule has 1 aliphatic carbocycles. The van der Waals surface area contributed by atoms with Gasteiger partial charge in [0.15, 0.2) is 0 Å². The predicted molar refractivity (Wildman–Crippen MR) is 108 cm³/mol. The molecule has 0 saturated heterocycles. The smallest absolute Gasteiger partial charge is 0.321 e. The van der Waals surface area contributed by atoms with Gasteiger partial charge in [-0.1, -0.05) is 18.2 Å². The van der Waals surface area contributed by atoms with E-state index in [0.29, 0.717) is 25.3 Å². The van der Waals surface area contributed by atoms with E-state index in [-0.39, 0.29) is 23.9 Å².